The van der Waals surface area contributed by atoms with E-state index in [0.29, 0.717) is 41.5 Å². The summed E-state index contributed by atoms with van der Waals surface area (Å²) in [5.41, 5.74) is 1.41. The standard InChI is InChI=1S/C21H18FN3O4S/c22-16-4-9-19(10-5-16)29-20-11-6-17(14-23-20)24-21(26)15-2-7-18(8-3-15)25-12-1-13-30(25,27)28/h2-11,14H,1,12-13H2,(H,24,26). The molecule has 1 aliphatic rings. The minimum Gasteiger partial charge on any atom is -0.439 e. The maximum atomic E-state index is 12.9. The Kier molecular flexibility index (Phi) is 5.37. The van der Waals surface area contributed by atoms with Gasteiger partial charge in [-0.3, -0.25) is 9.10 Å². The number of rotatable bonds is 5. The van der Waals surface area contributed by atoms with Crippen molar-refractivity contribution in [2.24, 2.45) is 0 Å². The van der Waals surface area contributed by atoms with Crippen molar-refractivity contribution in [3.8, 4) is 11.6 Å². The van der Waals surface area contributed by atoms with Gasteiger partial charge in [-0.1, -0.05) is 0 Å². The highest BCUT2D eigenvalue weighted by molar-refractivity contribution is 7.93. The number of amides is 1. The highest BCUT2D eigenvalue weighted by atomic mass is 32.2. The van der Waals surface area contributed by atoms with E-state index in [2.05, 4.69) is 10.3 Å². The molecule has 9 heteroatoms. The van der Waals surface area contributed by atoms with Crippen molar-refractivity contribution >= 4 is 27.3 Å². The summed E-state index contributed by atoms with van der Waals surface area (Å²) in [6.07, 6.45) is 2.04. The van der Waals surface area contributed by atoms with E-state index in [1.165, 1.54) is 34.8 Å². The lowest BCUT2D eigenvalue weighted by atomic mass is 10.2. The fourth-order valence-electron chi connectivity index (χ4n) is 3.05. The predicted molar refractivity (Wildman–Crippen MR) is 111 cm³/mol. The van der Waals surface area contributed by atoms with Gasteiger partial charge in [-0.25, -0.2) is 17.8 Å². The van der Waals surface area contributed by atoms with Crippen LogP contribution in [0.5, 0.6) is 11.6 Å². The van der Waals surface area contributed by atoms with Crippen molar-refractivity contribution in [1.29, 1.82) is 0 Å². The average Bonchev–Trinajstić information content (AvgIpc) is 3.10. The Bertz CT molecular complexity index is 1150. The highest BCUT2D eigenvalue weighted by Crippen LogP contribution is 2.25. The van der Waals surface area contributed by atoms with Gasteiger partial charge in [-0.15, -0.1) is 0 Å². The molecule has 1 fully saturated rings. The lowest BCUT2D eigenvalue weighted by Crippen LogP contribution is -2.25. The van der Waals surface area contributed by atoms with Crippen LogP contribution in [0.4, 0.5) is 15.8 Å². The summed E-state index contributed by atoms with van der Waals surface area (Å²) in [5, 5.41) is 2.72. The lowest BCUT2D eigenvalue weighted by molar-refractivity contribution is 0.102. The first-order valence-corrected chi connectivity index (χ1v) is 10.8. The molecule has 1 aliphatic heterocycles. The first kappa shape index (κ1) is 19.8. The molecule has 0 radical (unpaired) electrons. The number of carbonyl (C=O) groups is 1. The third-order valence-electron chi connectivity index (χ3n) is 4.55. The minimum absolute atomic E-state index is 0.142. The monoisotopic (exact) mass is 427 g/mol. The van der Waals surface area contributed by atoms with Crippen LogP contribution in [0.1, 0.15) is 16.8 Å². The molecule has 3 aromatic rings. The Morgan fingerprint density at radius 2 is 1.77 bits per heavy atom. The number of hydrogen-bond donors (Lipinski definition) is 1. The molecule has 1 aromatic heterocycles. The zero-order valence-electron chi connectivity index (χ0n) is 15.8. The average molecular weight is 427 g/mol. The topological polar surface area (TPSA) is 88.6 Å². The smallest absolute Gasteiger partial charge is 0.255 e. The highest BCUT2D eigenvalue weighted by Gasteiger charge is 2.28. The fraction of sp³-hybridized carbons (Fsp3) is 0.143. The third-order valence-corrected chi connectivity index (χ3v) is 6.42. The number of ether oxygens (including phenoxy) is 1. The predicted octanol–water partition coefficient (Wildman–Crippen LogP) is 3.81. The molecule has 0 unspecified atom stereocenters. The second-order valence-electron chi connectivity index (χ2n) is 6.68. The number of hydrogen-bond acceptors (Lipinski definition) is 5. The zero-order valence-corrected chi connectivity index (χ0v) is 16.6. The van der Waals surface area contributed by atoms with Crippen LogP contribution in [-0.4, -0.2) is 31.6 Å². The minimum atomic E-state index is -3.26. The van der Waals surface area contributed by atoms with Crippen LogP contribution < -0.4 is 14.4 Å². The van der Waals surface area contributed by atoms with Crippen LogP contribution in [0.2, 0.25) is 0 Å². The van der Waals surface area contributed by atoms with Crippen LogP contribution in [0.25, 0.3) is 0 Å². The van der Waals surface area contributed by atoms with Gasteiger partial charge in [0.1, 0.15) is 11.6 Å². The van der Waals surface area contributed by atoms with E-state index in [1.54, 1.807) is 36.4 Å². The van der Waals surface area contributed by atoms with E-state index >= 15 is 0 Å². The van der Waals surface area contributed by atoms with Gasteiger partial charge in [0.25, 0.3) is 5.91 Å². The number of pyridine rings is 1. The number of carbonyl (C=O) groups excluding carboxylic acids is 1. The molecule has 1 amide bonds. The second-order valence-corrected chi connectivity index (χ2v) is 8.70. The first-order chi connectivity index (χ1) is 14.4. The van der Waals surface area contributed by atoms with E-state index in [4.69, 9.17) is 4.74 Å². The van der Waals surface area contributed by atoms with Crippen molar-refractivity contribution in [3.05, 3.63) is 78.2 Å². The van der Waals surface area contributed by atoms with E-state index in [-0.39, 0.29) is 17.5 Å². The second kappa shape index (κ2) is 8.11. The van der Waals surface area contributed by atoms with Gasteiger partial charge >= 0.3 is 0 Å². The Morgan fingerprint density at radius 1 is 1.03 bits per heavy atom. The van der Waals surface area contributed by atoms with Crippen molar-refractivity contribution in [1.82, 2.24) is 4.98 Å². The summed E-state index contributed by atoms with van der Waals surface area (Å²) in [6, 6.07) is 15.2. The van der Waals surface area contributed by atoms with Crippen LogP contribution in [0, 0.1) is 5.82 Å². The Hall–Kier alpha value is -3.46. The molecule has 0 saturated carbocycles. The first-order valence-electron chi connectivity index (χ1n) is 9.22. The number of anilines is 2. The maximum Gasteiger partial charge on any atom is 0.255 e. The molecule has 2 aromatic carbocycles. The number of sulfonamides is 1. The summed E-state index contributed by atoms with van der Waals surface area (Å²) >= 11 is 0. The van der Waals surface area contributed by atoms with E-state index in [0.717, 1.165) is 0 Å². The summed E-state index contributed by atoms with van der Waals surface area (Å²) in [4.78, 5) is 16.6. The molecular weight excluding hydrogens is 409 g/mol. The Labute approximate surface area is 173 Å². The molecule has 1 N–H and O–H groups in total. The Morgan fingerprint density at radius 3 is 2.37 bits per heavy atom. The van der Waals surface area contributed by atoms with E-state index in [9.17, 15) is 17.6 Å². The van der Waals surface area contributed by atoms with Crippen molar-refractivity contribution in [3.63, 3.8) is 0 Å². The largest absolute Gasteiger partial charge is 0.439 e. The van der Waals surface area contributed by atoms with Crippen LogP contribution in [-0.2, 0) is 10.0 Å². The molecule has 2 heterocycles. The van der Waals surface area contributed by atoms with E-state index in [1.807, 2.05) is 0 Å². The van der Waals surface area contributed by atoms with Gasteiger partial charge in [0.05, 0.1) is 23.3 Å². The molecule has 4 rings (SSSR count). The molecule has 0 bridgehead atoms. The summed E-state index contributed by atoms with van der Waals surface area (Å²) in [6.45, 7) is 0.450. The van der Waals surface area contributed by atoms with Crippen LogP contribution >= 0.6 is 0 Å². The SMILES string of the molecule is O=C(Nc1ccc(Oc2ccc(F)cc2)nc1)c1ccc(N2CCCS2(=O)=O)cc1. The number of aromatic nitrogens is 1. The van der Waals surface area contributed by atoms with Gasteiger partial charge in [0.15, 0.2) is 0 Å². The summed E-state index contributed by atoms with van der Waals surface area (Å²) in [5.74, 6) is 0.184. The summed E-state index contributed by atoms with van der Waals surface area (Å²) in [7, 11) is -3.26. The molecule has 154 valence electrons. The molecule has 1 saturated heterocycles. The lowest BCUT2D eigenvalue weighted by Gasteiger charge is -2.17. The van der Waals surface area contributed by atoms with Crippen LogP contribution in [0.3, 0.4) is 0 Å². The van der Waals surface area contributed by atoms with Gasteiger partial charge < -0.3 is 10.1 Å². The summed E-state index contributed by atoms with van der Waals surface area (Å²) < 4.78 is 43.8. The fourth-order valence-corrected chi connectivity index (χ4v) is 4.61. The number of halogens is 1. The Balaban J connectivity index is 1.39. The van der Waals surface area contributed by atoms with E-state index < -0.39 is 10.0 Å². The molecule has 0 aliphatic carbocycles. The number of nitrogens with zero attached hydrogens (tertiary/aromatic N) is 2. The zero-order chi connectivity index (χ0) is 21.1. The van der Waals surface area contributed by atoms with Gasteiger partial charge in [-0.2, -0.15) is 0 Å². The van der Waals surface area contributed by atoms with Crippen molar-refractivity contribution in [2.75, 3.05) is 21.9 Å². The van der Waals surface area contributed by atoms with Crippen molar-refractivity contribution in [2.45, 2.75) is 6.42 Å². The van der Waals surface area contributed by atoms with Crippen molar-refractivity contribution < 1.29 is 22.3 Å². The maximum absolute atomic E-state index is 12.9. The van der Waals surface area contributed by atoms with Gasteiger partial charge in [0.2, 0.25) is 15.9 Å². The molecule has 0 atom stereocenters. The molecular formula is C21H18FN3O4S. The quantitative estimate of drug-likeness (QED) is 0.669. The molecule has 0 spiro atoms. The molecule has 7 nitrogen and oxygen atoms in total. The number of benzene rings is 2. The van der Waals surface area contributed by atoms with Gasteiger partial charge in [0, 0.05) is 18.2 Å². The normalized spacial score (nSPS) is 15.0. The van der Waals surface area contributed by atoms with Crippen LogP contribution in [0.15, 0.2) is 66.9 Å². The third kappa shape index (κ3) is 4.41. The number of nitrogens with one attached hydrogen (secondary N) is 1. The van der Waals surface area contributed by atoms with Gasteiger partial charge in [-0.05, 0) is 61.0 Å². The molecule has 30 heavy (non-hydrogen) atoms.